The van der Waals surface area contributed by atoms with Crippen LogP contribution in [-0.4, -0.2) is 141 Å². The highest BCUT2D eigenvalue weighted by Gasteiger charge is 2.23. The molecule has 19 nitrogen and oxygen atoms in total. The molecule has 1 aliphatic carbocycles. The van der Waals surface area contributed by atoms with Crippen molar-refractivity contribution in [1.29, 1.82) is 0 Å². The molecule has 2 atom stereocenters. The van der Waals surface area contributed by atoms with Crippen LogP contribution in [0.5, 0.6) is 17.2 Å². The normalized spacial score (nSPS) is 12.4. The molecule has 4 rings (SSSR count). The predicted octanol–water partition coefficient (Wildman–Crippen LogP) is 7.05. The van der Waals surface area contributed by atoms with Crippen molar-refractivity contribution >= 4 is 56.9 Å². The number of carbonyl (C=O) groups is 7. The molecular formula is C53H78F2N5O14P. The van der Waals surface area contributed by atoms with E-state index in [1.165, 1.54) is 66.6 Å². The quantitative estimate of drug-likeness (QED) is 0.0187. The molecule has 1 saturated carbocycles. The highest BCUT2D eigenvalue weighted by molar-refractivity contribution is 7.17. The Morgan fingerprint density at radius 1 is 0.747 bits per heavy atom. The Kier molecular flexibility index (Phi) is 36.1. The van der Waals surface area contributed by atoms with Gasteiger partial charge in [-0.05, 0) is 123 Å². The summed E-state index contributed by atoms with van der Waals surface area (Å²) in [6.45, 7) is 11.4. The third-order valence-corrected chi connectivity index (χ3v) is 10.7. The number of hydrogen-bond acceptors (Lipinski definition) is 15. The number of Topliss-reactive ketones (excluding diaryl/α,β-unsaturated/α-hetero) is 2. The number of rotatable bonds is 31. The Labute approximate surface area is 441 Å². The fraction of sp³-hybridized carbons (Fsp3) is 0.528. The minimum Gasteiger partial charge on any atom is -0.490 e. The van der Waals surface area contributed by atoms with Crippen LogP contribution >= 0.6 is 9.24 Å². The van der Waals surface area contributed by atoms with Crippen LogP contribution < -0.4 is 41.2 Å². The number of aldehydes is 2. The summed E-state index contributed by atoms with van der Waals surface area (Å²) in [6, 6.07) is 16.7. The first kappa shape index (κ1) is 67.1. The van der Waals surface area contributed by atoms with Crippen molar-refractivity contribution < 1.29 is 75.5 Å². The second-order valence-electron chi connectivity index (χ2n) is 17.0. The van der Waals surface area contributed by atoms with Gasteiger partial charge in [0.2, 0.25) is 5.91 Å². The first-order valence-corrected chi connectivity index (χ1v) is 25.3. The lowest BCUT2D eigenvalue weighted by molar-refractivity contribution is -0.123. The van der Waals surface area contributed by atoms with Crippen molar-refractivity contribution in [2.24, 2.45) is 17.6 Å². The summed E-state index contributed by atoms with van der Waals surface area (Å²) >= 11 is 0. The number of urea groups is 1. The number of carbonyl (C=O) groups excluding carboxylic acids is 7. The Morgan fingerprint density at radius 2 is 1.31 bits per heavy atom. The Balaban J connectivity index is 0.000000554. The highest BCUT2D eigenvalue weighted by atomic mass is 31.0. The van der Waals surface area contributed by atoms with E-state index in [0.29, 0.717) is 95.5 Å². The number of ketones is 2. The first-order valence-electron chi connectivity index (χ1n) is 24.7. The van der Waals surface area contributed by atoms with Crippen LogP contribution in [0.25, 0.3) is 0 Å². The highest BCUT2D eigenvalue weighted by Crippen LogP contribution is 2.28. The van der Waals surface area contributed by atoms with E-state index in [1.54, 1.807) is 37.4 Å². The van der Waals surface area contributed by atoms with Gasteiger partial charge in [0.05, 0.1) is 64.5 Å². The summed E-state index contributed by atoms with van der Waals surface area (Å²) < 4.78 is 61.8. The van der Waals surface area contributed by atoms with Gasteiger partial charge in [-0.1, -0.05) is 32.4 Å². The molecule has 0 aliphatic heterocycles. The molecule has 22 heteroatoms. The average molecular weight is 1080 g/mol. The molecule has 1 fully saturated rings. The lowest BCUT2D eigenvalue weighted by Crippen LogP contribution is -2.32. The van der Waals surface area contributed by atoms with Crippen molar-refractivity contribution in [3.63, 3.8) is 0 Å². The number of amides is 4. The zero-order valence-electron chi connectivity index (χ0n) is 44.1. The van der Waals surface area contributed by atoms with Crippen molar-refractivity contribution in [2.45, 2.75) is 84.6 Å². The van der Waals surface area contributed by atoms with E-state index in [4.69, 9.17) is 34.2 Å². The summed E-state index contributed by atoms with van der Waals surface area (Å²) in [4.78, 5) is 77.8. The summed E-state index contributed by atoms with van der Waals surface area (Å²) in [5.74, 6) is -2.77. The zero-order chi connectivity index (χ0) is 55.9. The lowest BCUT2D eigenvalue weighted by Gasteiger charge is -2.22. The number of primary amides is 1. The number of alkyl halides is 2. The molecule has 1 aliphatic rings. The Bertz CT molecular complexity index is 2110. The largest absolute Gasteiger partial charge is 0.490 e. The third kappa shape index (κ3) is 33.6. The lowest BCUT2D eigenvalue weighted by atomic mass is 9.93. The fourth-order valence-electron chi connectivity index (χ4n) is 6.59. The molecule has 75 heavy (non-hydrogen) atoms. The van der Waals surface area contributed by atoms with E-state index < -0.39 is 11.9 Å². The Morgan fingerprint density at radius 3 is 1.79 bits per heavy atom. The summed E-state index contributed by atoms with van der Waals surface area (Å²) in [6.07, 6.45) is 9.47. The number of nitrogens with one attached hydrogen (secondary N) is 4. The molecular weight excluding hydrogens is 1000 g/mol. The standard InChI is InChI=1S/C23H36N2O8.C13H16O2.C9H17NO2.C8H9F2N2O2P/c1-18(26)20-5-4-6-21(23(20)19(2)27)33-17-22(28)25-8-10-30-12-14-32-16-15-31-13-11-29-9-7-24-3;14-10-11-6-8-13(9-7-11)15-12-4-2-1-3-5-12;1-7(2)8(6-11)4-5-9(12)10-3;9-8(10,15)14-6-3-1-5(2-4-6)12-7(11)13/h4-6,24H,7-17H2,1-3H3,(H,25,28);6-10,12H,1-5H2;6-8H,4-5H2,1-3H3,(H,10,12);1-4H,15H2,(H3,11,12,13). The minimum absolute atomic E-state index is 0.00231. The second-order valence-corrected chi connectivity index (χ2v) is 17.7. The van der Waals surface area contributed by atoms with Gasteiger partial charge in [0.25, 0.3) is 5.91 Å². The van der Waals surface area contributed by atoms with Crippen molar-refractivity contribution in [3.05, 3.63) is 83.4 Å². The smallest absolute Gasteiger partial charge is 0.408 e. The average Bonchev–Trinajstić information content (AvgIpc) is 3.37. The maximum absolute atomic E-state index is 12.4. The maximum Gasteiger partial charge on any atom is 0.408 e. The van der Waals surface area contributed by atoms with Crippen molar-refractivity contribution in [1.82, 2.24) is 16.0 Å². The monoisotopic (exact) mass is 1080 g/mol. The molecule has 3 aromatic rings. The van der Waals surface area contributed by atoms with Gasteiger partial charge in [0.15, 0.2) is 18.2 Å². The van der Waals surface area contributed by atoms with Crippen LogP contribution in [0.2, 0.25) is 0 Å². The van der Waals surface area contributed by atoms with Crippen LogP contribution in [0, 0.1) is 11.8 Å². The van der Waals surface area contributed by atoms with Gasteiger partial charge >= 0.3 is 11.9 Å². The molecule has 0 aromatic heterocycles. The second kappa shape index (κ2) is 40.4. The number of halogens is 2. The number of nitrogens with two attached hydrogens (primary N) is 1. The van der Waals surface area contributed by atoms with Gasteiger partial charge < -0.3 is 65.0 Å². The van der Waals surface area contributed by atoms with Gasteiger partial charge in [0, 0.05) is 49.3 Å². The van der Waals surface area contributed by atoms with E-state index in [1.807, 2.05) is 33.0 Å². The first-order chi connectivity index (χ1) is 35.8. The number of anilines is 1. The summed E-state index contributed by atoms with van der Waals surface area (Å²) in [7, 11) is 4.74. The van der Waals surface area contributed by atoms with Crippen LogP contribution in [0.15, 0.2) is 66.7 Å². The van der Waals surface area contributed by atoms with Crippen LogP contribution in [0.4, 0.5) is 19.3 Å². The molecule has 0 radical (unpaired) electrons. The molecule has 0 bridgehead atoms. The zero-order valence-corrected chi connectivity index (χ0v) is 45.2. The molecule has 3 aromatic carbocycles. The summed E-state index contributed by atoms with van der Waals surface area (Å²) in [5, 5.41) is 10.5. The van der Waals surface area contributed by atoms with Gasteiger partial charge in [-0.25, -0.2) is 4.79 Å². The number of hydrogen-bond donors (Lipinski definition) is 5. The van der Waals surface area contributed by atoms with Gasteiger partial charge in [-0.15, -0.1) is 0 Å². The molecule has 4 amide bonds. The molecule has 0 heterocycles. The van der Waals surface area contributed by atoms with Crippen LogP contribution in [0.3, 0.4) is 0 Å². The molecule has 0 saturated heterocycles. The van der Waals surface area contributed by atoms with Gasteiger partial charge in [0.1, 0.15) is 29.8 Å². The van der Waals surface area contributed by atoms with Crippen molar-refractivity contribution in [3.8, 4) is 17.2 Å². The topological polar surface area (TPSA) is 258 Å². The van der Waals surface area contributed by atoms with Gasteiger partial charge in [-0.2, -0.15) is 8.78 Å². The molecule has 2 unspecified atom stereocenters. The van der Waals surface area contributed by atoms with Gasteiger partial charge in [-0.3, -0.25) is 24.0 Å². The van der Waals surface area contributed by atoms with Crippen molar-refractivity contribution in [2.75, 3.05) is 92.0 Å². The van der Waals surface area contributed by atoms with E-state index in [2.05, 4.69) is 26.0 Å². The number of likely N-dealkylation sites (N-methyl/N-ethyl adjacent to an activating group) is 1. The maximum atomic E-state index is 12.4. The van der Waals surface area contributed by atoms with Crippen LogP contribution in [0.1, 0.15) is 104 Å². The molecule has 0 spiro atoms. The number of benzene rings is 3. The molecule has 6 N–H and O–H groups in total. The minimum atomic E-state index is -3.31. The fourth-order valence-corrected chi connectivity index (χ4v) is 6.72. The van der Waals surface area contributed by atoms with E-state index in [0.717, 1.165) is 37.7 Å². The predicted molar refractivity (Wildman–Crippen MR) is 284 cm³/mol. The number of ether oxygens (including phenoxy) is 7. The SMILES string of the molecule is CNC(=O)CCC(C=O)C(C)C.CNCCOCCOCCOCCOCCNC(=O)COc1cccc(C(C)=O)c1C(C)=O.NC(=O)Nc1ccc(OC(F)(F)P)cc1.O=Cc1ccc(OC2CCCCC2)cc1. The van der Waals surface area contributed by atoms with E-state index in [9.17, 15) is 42.3 Å². The summed E-state index contributed by atoms with van der Waals surface area (Å²) in [5.41, 5.74) is 6.42. The molecule has 418 valence electrons. The van der Waals surface area contributed by atoms with Crippen LogP contribution in [-0.2, 0) is 33.3 Å². The Hall–Kier alpha value is -5.96. The van der Waals surface area contributed by atoms with E-state index >= 15 is 0 Å². The van der Waals surface area contributed by atoms with E-state index in [-0.39, 0.29) is 58.5 Å². The third-order valence-electron chi connectivity index (χ3n) is 10.6.